The lowest BCUT2D eigenvalue weighted by atomic mass is 10.0. The van der Waals surface area contributed by atoms with Crippen LogP contribution < -0.4 is 0 Å². The van der Waals surface area contributed by atoms with E-state index in [1.807, 2.05) is 20.8 Å². The first kappa shape index (κ1) is 20.2. The summed E-state index contributed by atoms with van der Waals surface area (Å²) in [5.74, 6) is -1.07. The lowest BCUT2D eigenvalue weighted by Gasteiger charge is -2.44. The van der Waals surface area contributed by atoms with Crippen LogP contribution in [-0.4, -0.2) is 79.3 Å². The number of amides is 1. The smallest absolute Gasteiger partial charge is 0.410 e. The van der Waals surface area contributed by atoms with Gasteiger partial charge >= 0.3 is 12.1 Å². The summed E-state index contributed by atoms with van der Waals surface area (Å²) in [4.78, 5) is 27.3. The van der Waals surface area contributed by atoms with Crippen LogP contribution in [0.4, 0.5) is 4.79 Å². The fraction of sp³-hybridized carbons (Fsp3) is 0.765. The van der Waals surface area contributed by atoms with Gasteiger partial charge in [0.2, 0.25) is 0 Å². The van der Waals surface area contributed by atoms with Crippen LogP contribution in [0.3, 0.4) is 0 Å². The zero-order chi connectivity index (χ0) is 19.7. The Morgan fingerprint density at radius 3 is 2.15 bits per heavy atom. The van der Waals surface area contributed by atoms with Gasteiger partial charge in [0, 0.05) is 31.7 Å². The highest BCUT2D eigenvalue weighted by Gasteiger charge is 2.34. The average Bonchev–Trinajstić information content (AvgIpc) is 2.86. The standard InChI is InChI=1S/C17H29N5O4/c1-12-13(14(23)24)18-19-22(12)11-17(5,6)21-9-7-20(8-10-21)15(25)26-16(2,3)4/h7-11H2,1-6H3,(H,23,24). The Balaban J connectivity index is 1.97. The molecule has 0 aliphatic carbocycles. The van der Waals surface area contributed by atoms with E-state index in [4.69, 9.17) is 9.84 Å². The molecule has 1 aliphatic heterocycles. The zero-order valence-electron chi connectivity index (χ0n) is 16.4. The van der Waals surface area contributed by atoms with Gasteiger partial charge in [-0.15, -0.1) is 5.10 Å². The van der Waals surface area contributed by atoms with Crippen molar-refractivity contribution in [2.45, 2.75) is 59.2 Å². The largest absolute Gasteiger partial charge is 0.476 e. The number of piperazine rings is 1. The van der Waals surface area contributed by atoms with Crippen molar-refractivity contribution in [3.05, 3.63) is 11.4 Å². The first-order valence-electron chi connectivity index (χ1n) is 8.77. The molecule has 0 saturated carbocycles. The first-order chi connectivity index (χ1) is 11.9. The highest BCUT2D eigenvalue weighted by Crippen LogP contribution is 2.21. The van der Waals surface area contributed by atoms with Crippen LogP contribution in [0.15, 0.2) is 0 Å². The highest BCUT2D eigenvalue weighted by atomic mass is 16.6. The molecular formula is C17H29N5O4. The van der Waals surface area contributed by atoms with Gasteiger partial charge in [-0.3, -0.25) is 4.90 Å². The van der Waals surface area contributed by atoms with Gasteiger partial charge in [-0.2, -0.15) is 0 Å². The second-order valence-electron chi connectivity index (χ2n) is 8.25. The van der Waals surface area contributed by atoms with Crippen LogP contribution >= 0.6 is 0 Å². The number of rotatable bonds is 4. The maximum atomic E-state index is 12.2. The van der Waals surface area contributed by atoms with Crippen molar-refractivity contribution in [2.24, 2.45) is 0 Å². The molecule has 1 aliphatic rings. The van der Waals surface area contributed by atoms with Crippen molar-refractivity contribution in [1.29, 1.82) is 0 Å². The third kappa shape index (κ3) is 4.72. The minimum absolute atomic E-state index is 0.0180. The minimum atomic E-state index is -1.07. The lowest BCUT2D eigenvalue weighted by molar-refractivity contribution is -0.00130. The molecule has 146 valence electrons. The number of carboxylic acids is 1. The molecule has 0 atom stereocenters. The van der Waals surface area contributed by atoms with Gasteiger partial charge in [0.05, 0.1) is 12.2 Å². The fourth-order valence-corrected chi connectivity index (χ4v) is 3.00. The Morgan fingerprint density at radius 1 is 1.12 bits per heavy atom. The third-order valence-electron chi connectivity index (χ3n) is 4.51. The SMILES string of the molecule is Cc1c(C(=O)O)nnn1CC(C)(C)N1CCN(C(=O)OC(C)(C)C)CC1. The van der Waals surface area contributed by atoms with E-state index in [0.29, 0.717) is 38.4 Å². The molecule has 0 bridgehead atoms. The number of hydrogen-bond acceptors (Lipinski definition) is 6. The summed E-state index contributed by atoms with van der Waals surface area (Å²) < 4.78 is 7.05. The molecule has 0 radical (unpaired) electrons. The molecule has 1 aromatic heterocycles. The predicted molar refractivity (Wildman–Crippen MR) is 95.2 cm³/mol. The Morgan fingerprint density at radius 2 is 1.69 bits per heavy atom. The van der Waals surface area contributed by atoms with Crippen LogP contribution in [0.5, 0.6) is 0 Å². The van der Waals surface area contributed by atoms with Crippen LogP contribution in [0, 0.1) is 6.92 Å². The van der Waals surface area contributed by atoms with Crippen molar-refractivity contribution in [2.75, 3.05) is 26.2 Å². The average molecular weight is 367 g/mol. The maximum Gasteiger partial charge on any atom is 0.410 e. The van der Waals surface area contributed by atoms with E-state index in [1.165, 1.54) is 0 Å². The van der Waals surface area contributed by atoms with Crippen molar-refractivity contribution < 1.29 is 19.4 Å². The van der Waals surface area contributed by atoms with Crippen LogP contribution in [0.1, 0.15) is 50.8 Å². The summed E-state index contributed by atoms with van der Waals surface area (Å²) in [7, 11) is 0. The molecule has 1 aromatic rings. The third-order valence-corrected chi connectivity index (χ3v) is 4.51. The molecule has 1 saturated heterocycles. The molecular weight excluding hydrogens is 338 g/mol. The van der Waals surface area contributed by atoms with E-state index in [1.54, 1.807) is 16.5 Å². The van der Waals surface area contributed by atoms with Crippen molar-refractivity contribution >= 4 is 12.1 Å². The highest BCUT2D eigenvalue weighted by molar-refractivity contribution is 5.86. The Labute approximate surface area is 153 Å². The molecule has 26 heavy (non-hydrogen) atoms. The number of carbonyl (C=O) groups excluding carboxylic acids is 1. The van der Waals surface area contributed by atoms with Crippen LogP contribution in [-0.2, 0) is 11.3 Å². The molecule has 2 heterocycles. The van der Waals surface area contributed by atoms with E-state index < -0.39 is 11.6 Å². The molecule has 1 fully saturated rings. The summed E-state index contributed by atoms with van der Waals surface area (Å²) >= 11 is 0. The van der Waals surface area contributed by atoms with Crippen LogP contribution in [0.2, 0.25) is 0 Å². The maximum absolute atomic E-state index is 12.2. The van der Waals surface area contributed by atoms with Gasteiger partial charge in [0.25, 0.3) is 0 Å². The molecule has 1 amide bonds. The number of aromatic nitrogens is 3. The van der Waals surface area contributed by atoms with Crippen LogP contribution in [0.25, 0.3) is 0 Å². The van der Waals surface area contributed by atoms with E-state index in [0.717, 1.165) is 0 Å². The number of carboxylic acid groups (broad SMARTS) is 1. The Bertz CT molecular complexity index is 669. The normalized spacial score (nSPS) is 16.6. The van der Waals surface area contributed by atoms with E-state index in [9.17, 15) is 9.59 Å². The Hall–Kier alpha value is -2.16. The number of carbonyl (C=O) groups is 2. The fourth-order valence-electron chi connectivity index (χ4n) is 3.00. The number of hydrogen-bond donors (Lipinski definition) is 1. The monoisotopic (exact) mass is 367 g/mol. The molecule has 1 N–H and O–H groups in total. The number of nitrogens with zero attached hydrogens (tertiary/aromatic N) is 5. The number of ether oxygens (including phenoxy) is 1. The summed E-state index contributed by atoms with van der Waals surface area (Å²) in [6.45, 7) is 14.6. The van der Waals surface area contributed by atoms with E-state index in [-0.39, 0.29) is 17.3 Å². The molecule has 9 heteroatoms. The second kappa shape index (κ2) is 7.22. The summed E-state index contributed by atoms with van der Waals surface area (Å²) in [5, 5.41) is 16.8. The zero-order valence-corrected chi connectivity index (χ0v) is 16.4. The molecule has 0 aromatic carbocycles. The minimum Gasteiger partial charge on any atom is -0.476 e. The summed E-state index contributed by atoms with van der Waals surface area (Å²) in [6, 6.07) is 0. The first-order valence-corrected chi connectivity index (χ1v) is 8.77. The topological polar surface area (TPSA) is 101 Å². The summed E-state index contributed by atoms with van der Waals surface area (Å²) in [6.07, 6.45) is -0.284. The summed E-state index contributed by atoms with van der Waals surface area (Å²) in [5.41, 5.74) is -0.234. The van der Waals surface area contributed by atoms with E-state index >= 15 is 0 Å². The molecule has 9 nitrogen and oxygen atoms in total. The molecule has 2 rings (SSSR count). The van der Waals surface area contributed by atoms with Crippen molar-refractivity contribution in [1.82, 2.24) is 24.8 Å². The van der Waals surface area contributed by atoms with Gasteiger partial charge in [-0.1, -0.05) is 5.21 Å². The van der Waals surface area contributed by atoms with E-state index in [2.05, 4.69) is 29.1 Å². The van der Waals surface area contributed by atoms with Gasteiger partial charge in [0.1, 0.15) is 5.60 Å². The van der Waals surface area contributed by atoms with Crippen molar-refractivity contribution in [3.63, 3.8) is 0 Å². The van der Waals surface area contributed by atoms with Crippen molar-refractivity contribution in [3.8, 4) is 0 Å². The lowest BCUT2D eigenvalue weighted by Crippen LogP contribution is -2.57. The number of aromatic carboxylic acids is 1. The Kier molecular flexibility index (Phi) is 5.60. The predicted octanol–water partition coefficient (Wildman–Crippen LogP) is 1.62. The second-order valence-corrected chi connectivity index (χ2v) is 8.25. The van der Waals surface area contributed by atoms with Gasteiger partial charge in [-0.25, -0.2) is 14.3 Å². The van der Waals surface area contributed by atoms with Gasteiger partial charge in [-0.05, 0) is 41.5 Å². The van der Waals surface area contributed by atoms with Gasteiger partial charge in [0.15, 0.2) is 5.69 Å². The van der Waals surface area contributed by atoms with Gasteiger partial charge < -0.3 is 14.7 Å². The quantitative estimate of drug-likeness (QED) is 0.863. The molecule has 0 unspecified atom stereocenters. The molecule has 0 spiro atoms.